The summed E-state index contributed by atoms with van der Waals surface area (Å²) >= 11 is 0. The Morgan fingerprint density at radius 2 is 2.04 bits per heavy atom. The molecule has 0 fully saturated rings. The summed E-state index contributed by atoms with van der Waals surface area (Å²) in [5.74, 6) is -0.189. The van der Waals surface area contributed by atoms with Gasteiger partial charge in [0.2, 0.25) is 11.8 Å². The summed E-state index contributed by atoms with van der Waals surface area (Å²) in [4.78, 5) is 26.1. The molecule has 0 bridgehead atoms. The second-order valence-electron chi connectivity index (χ2n) is 5.40. The predicted octanol–water partition coefficient (Wildman–Crippen LogP) is 2.95. The van der Waals surface area contributed by atoms with E-state index in [0.717, 1.165) is 12.0 Å². The number of amides is 2. The van der Waals surface area contributed by atoms with E-state index in [1.54, 1.807) is 12.1 Å². The molecule has 1 aromatic heterocycles. The largest absolute Gasteiger partial charge is 0.363 e. The Balaban J connectivity index is 2.02. The molecule has 24 heavy (non-hydrogen) atoms. The minimum Gasteiger partial charge on any atom is -0.363 e. The van der Waals surface area contributed by atoms with Gasteiger partial charge in [-0.25, -0.2) is 0 Å². The fraction of sp³-hybridized carbons (Fsp3) is 0.278. The molecule has 126 valence electrons. The van der Waals surface area contributed by atoms with Crippen molar-refractivity contribution in [1.82, 2.24) is 10.1 Å². The first-order valence-electron chi connectivity index (χ1n) is 7.84. The second-order valence-corrected chi connectivity index (χ2v) is 5.40. The molecule has 2 rings (SSSR count). The number of hydrogen-bond acceptors (Lipinski definition) is 4. The topological polar surface area (TPSA) is 75.4 Å². The van der Waals surface area contributed by atoms with Crippen LogP contribution in [0.4, 0.5) is 5.82 Å². The smallest absolute Gasteiger partial charge is 0.247 e. The molecule has 0 aliphatic rings. The maximum Gasteiger partial charge on any atom is 0.247 e. The van der Waals surface area contributed by atoms with Crippen molar-refractivity contribution in [3.8, 4) is 0 Å². The lowest BCUT2D eigenvalue weighted by Gasteiger charge is -2.26. The van der Waals surface area contributed by atoms with Gasteiger partial charge in [0, 0.05) is 18.2 Å². The first-order chi connectivity index (χ1) is 11.6. The summed E-state index contributed by atoms with van der Waals surface area (Å²) in [6, 6.07) is 11.0. The molecule has 2 aromatic rings. The Labute approximate surface area is 141 Å². The van der Waals surface area contributed by atoms with Crippen LogP contribution in [-0.4, -0.2) is 34.5 Å². The Hall–Kier alpha value is -2.89. The van der Waals surface area contributed by atoms with Crippen molar-refractivity contribution in [2.75, 3.05) is 11.9 Å². The maximum atomic E-state index is 12.5. The number of nitrogens with one attached hydrogen (secondary N) is 1. The van der Waals surface area contributed by atoms with Gasteiger partial charge >= 0.3 is 0 Å². The molecule has 0 aliphatic heterocycles. The summed E-state index contributed by atoms with van der Waals surface area (Å²) < 4.78 is 4.67. The molecule has 1 aromatic carbocycles. The van der Waals surface area contributed by atoms with E-state index in [1.165, 1.54) is 17.2 Å². The highest BCUT2D eigenvalue weighted by Gasteiger charge is 2.20. The van der Waals surface area contributed by atoms with E-state index < -0.39 is 0 Å². The molecule has 1 heterocycles. The number of carbonyl (C=O) groups is 2. The Kier molecular flexibility index (Phi) is 6.31. The van der Waals surface area contributed by atoms with Gasteiger partial charge in [0.15, 0.2) is 5.82 Å². The minimum absolute atomic E-state index is 0.0418. The number of carbonyl (C=O) groups excluding carboxylic acids is 2. The fourth-order valence-corrected chi connectivity index (χ4v) is 2.11. The SMILES string of the molecule is CC[C@H](C)N(CC(=O)Nc1ccon1)C(=O)/C=C/c1ccccc1. The summed E-state index contributed by atoms with van der Waals surface area (Å²) in [5.41, 5.74) is 0.932. The molecular weight excluding hydrogens is 306 g/mol. The highest BCUT2D eigenvalue weighted by Crippen LogP contribution is 2.08. The van der Waals surface area contributed by atoms with Crippen LogP contribution in [0, 0.1) is 0 Å². The van der Waals surface area contributed by atoms with Gasteiger partial charge in [-0.1, -0.05) is 42.4 Å². The lowest BCUT2D eigenvalue weighted by atomic mass is 10.2. The number of nitrogens with zero attached hydrogens (tertiary/aromatic N) is 2. The molecule has 0 saturated heterocycles. The molecule has 1 N–H and O–H groups in total. The molecule has 0 spiro atoms. The number of anilines is 1. The lowest BCUT2D eigenvalue weighted by molar-refractivity contribution is -0.132. The van der Waals surface area contributed by atoms with Gasteiger partial charge in [0.1, 0.15) is 12.8 Å². The zero-order valence-corrected chi connectivity index (χ0v) is 13.8. The second kappa shape index (κ2) is 8.67. The van der Waals surface area contributed by atoms with Crippen molar-refractivity contribution in [2.45, 2.75) is 26.3 Å². The van der Waals surface area contributed by atoms with Crippen LogP contribution in [0.2, 0.25) is 0 Å². The van der Waals surface area contributed by atoms with Crippen molar-refractivity contribution in [2.24, 2.45) is 0 Å². The first kappa shape index (κ1) is 17.5. The van der Waals surface area contributed by atoms with Gasteiger partial charge in [-0.2, -0.15) is 0 Å². The highest BCUT2D eigenvalue weighted by molar-refractivity contribution is 5.97. The number of aromatic nitrogens is 1. The molecule has 6 heteroatoms. The van der Waals surface area contributed by atoms with E-state index in [0.29, 0.717) is 5.82 Å². The third-order valence-corrected chi connectivity index (χ3v) is 3.64. The number of benzene rings is 1. The van der Waals surface area contributed by atoms with Gasteiger partial charge in [0.25, 0.3) is 0 Å². The van der Waals surface area contributed by atoms with Gasteiger partial charge in [0.05, 0.1) is 0 Å². The Morgan fingerprint density at radius 3 is 2.67 bits per heavy atom. The van der Waals surface area contributed by atoms with Crippen LogP contribution in [0.3, 0.4) is 0 Å². The van der Waals surface area contributed by atoms with Gasteiger partial charge in [-0.05, 0) is 25.0 Å². The average Bonchev–Trinajstić information content (AvgIpc) is 3.10. The van der Waals surface area contributed by atoms with Crippen LogP contribution in [0.1, 0.15) is 25.8 Å². The van der Waals surface area contributed by atoms with E-state index in [1.807, 2.05) is 44.2 Å². The molecule has 6 nitrogen and oxygen atoms in total. The van der Waals surface area contributed by atoms with E-state index >= 15 is 0 Å². The maximum absolute atomic E-state index is 12.5. The predicted molar refractivity (Wildman–Crippen MR) is 92.1 cm³/mol. The van der Waals surface area contributed by atoms with Gasteiger partial charge in [-0.3, -0.25) is 9.59 Å². The molecular formula is C18H21N3O3. The van der Waals surface area contributed by atoms with Crippen LogP contribution < -0.4 is 5.32 Å². The van der Waals surface area contributed by atoms with E-state index in [9.17, 15) is 9.59 Å². The third kappa shape index (κ3) is 5.08. The fourth-order valence-electron chi connectivity index (χ4n) is 2.11. The number of hydrogen-bond donors (Lipinski definition) is 1. The van der Waals surface area contributed by atoms with Crippen LogP contribution in [-0.2, 0) is 9.59 Å². The quantitative estimate of drug-likeness (QED) is 0.793. The molecule has 2 amide bonds. The van der Waals surface area contributed by atoms with E-state index in [4.69, 9.17) is 0 Å². The zero-order chi connectivity index (χ0) is 17.4. The normalized spacial score (nSPS) is 12.1. The monoisotopic (exact) mass is 327 g/mol. The van der Waals surface area contributed by atoms with Crippen molar-refractivity contribution in [1.29, 1.82) is 0 Å². The lowest BCUT2D eigenvalue weighted by Crippen LogP contribution is -2.42. The highest BCUT2D eigenvalue weighted by atomic mass is 16.5. The summed E-state index contributed by atoms with van der Waals surface area (Å²) in [5, 5.41) is 6.22. The molecule has 0 aliphatic carbocycles. The summed E-state index contributed by atoms with van der Waals surface area (Å²) in [7, 11) is 0. The summed E-state index contributed by atoms with van der Waals surface area (Å²) in [6.45, 7) is 3.85. The zero-order valence-electron chi connectivity index (χ0n) is 13.8. The molecule has 0 radical (unpaired) electrons. The van der Waals surface area contributed by atoms with Crippen LogP contribution in [0.25, 0.3) is 6.08 Å². The molecule has 0 unspecified atom stereocenters. The minimum atomic E-state index is -0.314. The standard InChI is InChI=1S/C18H21N3O3/c1-3-14(2)21(13-17(22)19-16-11-12-24-20-16)18(23)10-9-15-7-5-4-6-8-15/h4-12,14H,3,13H2,1-2H3,(H,19,20,22)/b10-9+/t14-/m0/s1. The van der Waals surface area contributed by atoms with Crippen LogP contribution >= 0.6 is 0 Å². The molecule has 0 saturated carbocycles. The van der Waals surface area contributed by atoms with E-state index in [2.05, 4.69) is 15.0 Å². The van der Waals surface area contributed by atoms with Gasteiger partial charge in [-0.15, -0.1) is 0 Å². The number of rotatable bonds is 7. The van der Waals surface area contributed by atoms with Crippen LogP contribution in [0.5, 0.6) is 0 Å². The van der Waals surface area contributed by atoms with Crippen molar-refractivity contribution < 1.29 is 14.1 Å². The Bertz CT molecular complexity index is 681. The molecule has 1 atom stereocenters. The van der Waals surface area contributed by atoms with Crippen LogP contribution in [0.15, 0.2) is 53.3 Å². The van der Waals surface area contributed by atoms with E-state index in [-0.39, 0.29) is 24.4 Å². The average molecular weight is 327 g/mol. The van der Waals surface area contributed by atoms with Crippen molar-refractivity contribution >= 4 is 23.7 Å². The Morgan fingerprint density at radius 1 is 1.29 bits per heavy atom. The van der Waals surface area contributed by atoms with Gasteiger partial charge < -0.3 is 14.7 Å². The van der Waals surface area contributed by atoms with Crippen molar-refractivity contribution in [3.63, 3.8) is 0 Å². The first-order valence-corrected chi connectivity index (χ1v) is 7.84. The van der Waals surface area contributed by atoms with Crippen molar-refractivity contribution in [3.05, 3.63) is 54.3 Å². The third-order valence-electron chi connectivity index (χ3n) is 3.64. The summed E-state index contributed by atoms with van der Waals surface area (Å²) in [6.07, 6.45) is 5.36.